The van der Waals surface area contributed by atoms with E-state index in [4.69, 9.17) is 4.42 Å². The highest BCUT2D eigenvalue weighted by Gasteiger charge is 2.27. The highest BCUT2D eigenvalue weighted by Crippen LogP contribution is 2.26. The fraction of sp³-hybridized carbons (Fsp3) is 0.222. The van der Waals surface area contributed by atoms with Crippen molar-refractivity contribution in [3.63, 3.8) is 0 Å². The minimum absolute atomic E-state index is 0.120. The first-order valence-electron chi connectivity index (χ1n) is 7.98. The third kappa shape index (κ3) is 3.01. The van der Waals surface area contributed by atoms with Crippen LogP contribution in [0.1, 0.15) is 27.5 Å². The van der Waals surface area contributed by atoms with Gasteiger partial charge in [0.15, 0.2) is 0 Å². The van der Waals surface area contributed by atoms with Crippen LogP contribution < -0.4 is 0 Å². The molecule has 126 valence electrons. The fourth-order valence-electron chi connectivity index (χ4n) is 2.84. The van der Waals surface area contributed by atoms with Gasteiger partial charge in [0.25, 0.3) is 5.91 Å². The van der Waals surface area contributed by atoms with Crippen LogP contribution in [0.3, 0.4) is 0 Å². The van der Waals surface area contributed by atoms with Crippen molar-refractivity contribution in [2.24, 2.45) is 0 Å². The standard InChI is InChI=1S/C18H16N4O3/c23-11-12-3-6-20-14(8-12)18(24)22-7-4-16-15(10-22)21-17(25-16)13-2-1-5-19-9-13/h1-3,5-6,8-9,23H,4,7,10-11H2. The van der Waals surface area contributed by atoms with Gasteiger partial charge in [0.2, 0.25) is 5.89 Å². The number of pyridine rings is 2. The van der Waals surface area contributed by atoms with E-state index in [1.807, 2.05) is 12.1 Å². The van der Waals surface area contributed by atoms with Crippen molar-refractivity contribution in [3.05, 3.63) is 65.6 Å². The van der Waals surface area contributed by atoms with Crippen LogP contribution >= 0.6 is 0 Å². The second-order valence-electron chi connectivity index (χ2n) is 5.81. The molecule has 1 aliphatic rings. The second kappa shape index (κ2) is 6.45. The minimum atomic E-state index is -0.174. The zero-order chi connectivity index (χ0) is 17.2. The molecule has 1 amide bonds. The van der Waals surface area contributed by atoms with Crippen molar-refractivity contribution < 1.29 is 14.3 Å². The lowest BCUT2D eigenvalue weighted by Crippen LogP contribution is -2.36. The Bertz CT molecular complexity index is 908. The molecule has 0 radical (unpaired) electrons. The summed E-state index contributed by atoms with van der Waals surface area (Å²) >= 11 is 0. The molecule has 3 aromatic rings. The number of rotatable bonds is 3. The van der Waals surface area contributed by atoms with E-state index < -0.39 is 0 Å². The van der Waals surface area contributed by atoms with Crippen molar-refractivity contribution >= 4 is 5.91 Å². The number of aromatic nitrogens is 3. The number of carbonyl (C=O) groups is 1. The Morgan fingerprint density at radius 2 is 2.24 bits per heavy atom. The first-order valence-corrected chi connectivity index (χ1v) is 7.98. The largest absolute Gasteiger partial charge is 0.441 e. The summed E-state index contributed by atoms with van der Waals surface area (Å²) in [7, 11) is 0. The number of carbonyl (C=O) groups excluding carboxylic acids is 1. The molecule has 0 fully saturated rings. The van der Waals surface area contributed by atoms with E-state index >= 15 is 0 Å². The van der Waals surface area contributed by atoms with Gasteiger partial charge in [-0.3, -0.25) is 14.8 Å². The van der Waals surface area contributed by atoms with E-state index in [1.165, 1.54) is 6.20 Å². The van der Waals surface area contributed by atoms with Crippen molar-refractivity contribution in [1.82, 2.24) is 19.9 Å². The molecular formula is C18H16N4O3. The van der Waals surface area contributed by atoms with E-state index in [1.54, 1.807) is 29.4 Å². The zero-order valence-electron chi connectivity index (χ0n) is 13.4. The molecule has 0 spiro atoms. The maximum atomic E-state index is 12.7. The van der Waals surface area contributed by atoms with Gasteiger partial charge in [0, 0.05) is 31.6 Å². The first-order chi connectivity index (χ1) is 12.2. The molecule has 4 heterocycles. The maximum absolute atomic E-state index is 12.7. The molecule has 0 aliphatic carbocycles. The van der Waals surface area contributed by atoms with Gasteiger partial charge in [-0.1, -0.05) is 0 Å². The summed E-state index contributed by atoms with van der Waals surface area (Å²) in [5.74, 6) is 1.15. The molecule has 0 bridgehead atoms. The summed E-state index contributed by atoms with van der Waals surface area (Å²) in [6, 6.07) is 7.01. The molecule has 7 nitrogen and oxygen atoms in total. The smallest absolute Gasteiger partial charge is 0.272 e. The Hall–Kier alpha value is -3.06. The van der Waals surface area contributed by atoms with Gasteiger partial charge in [0.05, 0.1) is 18.7 Å². The molecular weight excluding hydrogens is 320 g/mol. The van der Waals surface area contributed by atoms with Crippen molar-refractivity contribution in [2.45, 2.75) is 19.6 Å². The number of aliphatic hydroxyl groups excluding tert-OH is 1. The zero-order valence-corrected chi connectivity index (χ0v) is 13.4. The Morgan fingerprint density at radius 1 is 1.32 bits per heavy atom. The van der Waals surface area contributed by atoms with Crippen LogP contribution in [0.5, 0.6) is 0 Å². The summed E-state index contributed by atoms with van der Waals surface area (Å²) < 4.78 is 5.82. The molecule has 0 unspecified atom stereocenters. The Kier molecular flexibility index (Phi) is 3.99. The number of nitrogens with zero attached hydrogens (tertiary/aromatic N) is 4. The summed E-state index contributed by atoms with van der Waals surface area (Å²) in [6.07, 6.45) is 5.53. The van der Waals surface area contributed by atoms with E-state index in [9.17, 15) is 9.90 Å². The summed E-state index contributed by atoms with van der Waals surface area (Å²) in [5, 5.41) is 9.22. The molecule has 1 aliphatic heterocycles. The Balaban J connectivity index is 1.56. The highest BCUT2D eigenvalue weighted by molar-refractivity contribution is 5.92. The van der Waals surface area contributed by atoms with Crippen LogP contribution in [0.15, 0.2) is 47.3 Å². The molecule has 4 rings (SSSR count). The van der Waals surface area contributed by atoms with Gasteiger partial charge in [-0.2, -0.15) is 0 Å². The number of amides is 1. The molecule has 0 saturated carbocycles. The van der Waals surface area contributed by atoms with Crippen LogP contribution in [-0.4, -0.2) is 37.4 Å². The quantitative estimate of drug-likeness (QED) is 0.784. The van der Waals surface area contributed by atoms with Crippen molar-refractivity contribution in [3.8, 4) is 11.5 Å². The number of aliphatic hydroxyl groups is 1. The summed E-state index contributed by atoms with van der Waals surface area (Å²) in [4.78, 5) is 27.1. The SMILES string of the molecule is O=C(c1cc(CO)ccn1)N1CCc2oc(-c3cccnc3)nc2C1. The van der Waals surface area contributed by atoms with E-state index in [0.717, 1.165) is 17.0 Å². The normalized spacial score (nSPS) is 13.6. The monoisotopic (exact) mass is 336 g/mol. The van der Waals surface area contributed by atoms with Crippen LogP contribution in [0.2, 0.25) is 0 Å². The summed E-state index contributed by atoms with van der Waals surface area (Å²) in [6.45, 7) is 0.798. The molecule has 25 heavy (non-hydrogen) atoms. The highest BCUT2D eigenvalue weighted by atomic mass is 16.4. The van der Waals surface area contributed by atoms with Crippen LogP contribution in [0, 0.1) is 0 Å². The average Bonchev–Trinajstić information content (AvgIpc) is 3.11. The minimum Gasteiger partial charge on any atom is -0.441 e. The van der Waals surface area contributed by atoms with Gasteiger partial charge in [-0.15, -0.1) is 0 Å². The van der Waals surface area contributed by atoms with Gasteiger partial charge < -0.3 is 14.4 Å². The number of fused-ring (bicyclic) bond motifs is 1. The molecule has 0 aromatic carbocycles. The van der Waals surface area contributed by atoms with Gasteiger partial charge in [-0.05, 0) is 29.8 Å². The predicted molar refractivity (Wildman–Crippen MR) is 88.3 cm³/mol. The number of hydrogen-bond acceptors (Lipinski definition) is 6. The molecule has 1 N–H and O–H groups in total. The Morgan fingerprint density at radius 3 is 3.04 bits per heavy atom. The van der Waals surface area contributed by atoms with Crippen molar-refractivity contribution in [1.29, 1.82) is 0 Å². The van der Waals surface area contributed by atoms with E-state index in [2.05, 4.69) is 15.0 Å². The molecule has 0 atom stereocenters. The second-order valence-corrected chi connectivity index (χ2v) is 5.81. The number of hydrogen-bond donors (Lipinski definition) is 1. The molecule has 7 heteroatoms. The van der Waals surface area contributed by atoms with E-state index in [0.29, 0.717) is 36.7 Å². The van der Waals surface area contributed by atoms with Gasteiger partial charge >= 0.3 is 0 Å². The molecule has 3 aromatic heterocycles. The molecule has 0 saturated heterocycles. The maximum Gasteiger partial charge on any atom is 0.272 e. The third-order valence-corrected chi connectivity index (χ3v) is 4.15. The average molecular weight is 336 g/mol. The lowest BCUT2D eigenvalue weighted by Gasteiger charge is -2.25. The first kappa shape index (κ1) is 15.5. The lowest BCUT2D eigenvalue weighted by atomic mass is 10.1. The number of oxazole rings is 1. The third-order valence-electron chi connectivity index (χ3n) is 4.15. The predicted octanol–water partition coefficient (Wildman–Crippen LogP) is 1.82. The van der Waals surface area contributed by atoms with Crippen LogP contribution in [-0.2, 0) is 19.6 Å². The lowest BCUT2D eigenvalue weighted by molar-refractivity contribution is 0.0721. The fourth-order valence-corrected chi connectivity index (χ4v) is 2.84. The van der Waals surface area contributed by atoms with Crippen LogP contribution in [0.4, 0.5) is 0 Å². The van der Waals surface area contributed by atoms with Crippen LogP contribution in [0.25, 0.3) is 11.5 Å². The summed E-state index contributed by atoms with van der Waals surface area (Å²) in [5.41, 5.74) is 2.56. The topological polar surface area (TPSA) is 92.3 Å². The van der Waals surface area contributed by atoms with Gasteiger partial charge in [0.1, 0.15) is 17.1 Å². The van der Waals surface area contributed by atoms with Gasteiger partial charge in [-0.25, -0.2) is 4.98 Å². The van der Waals surface area contributed by atoms with E-state index in [-0.39, 0.29) is 12.5 Å². The Labute approximate surface area is 144 Å². The van der Waals surface area contributed by atoms with Crippen molar-refractivity contribution in [2.75, 3.05) is 6.54 Å².